The van der Waals surface area contributed by atoms with Crippen molar-refractivity contribution in [2.45, 2.75) is 56.5 Å². The first kappa shape index (κ1) is 13.8. The Morgan fingerprint density at radius 1 is 1.28 bits per heavy atom. The van der Waals surface area contributed by atoms with Crippen LogP contribution in [-0.4, -0.2) is 21.8 Å². The molecule has 0 atom stereocenters. The van der Waals surface area contributed by atoms with Crippen molar-refractivity contribution in [2.75, 3.05) is 6.54 Å². The number of thioether (sulfide) groups is 1. The highest BCUT2D eigenvalue weighted by Gasteiger charge is 2.14. The van der Waals surface area contributed by atoms with Gasteiger partial charge in [0.05, 0.1) is 5.75 Å². The van der Waals surface area contributed by atoms with Crippen LogP contribution in [0.5, 0.6) is 0 Å². The van der Waals surface area contributed by atoms with Gasteiger partial charge in [0.15, 0.2) is 0 Å². The number of hydrogen-bond acceptors (Lipinski definition) is 4. The molecule has 4 heteroatoms. The average Bonchev–Trinajstić information content (AvgIpc) is 2.37. The van der Waals surface area contributed by atoms with Gasteiger partial charge in [-0.1, -0.05) is 19.3 Å². The van der Waals surface area contributed by atoms with Gasteiger partial charge in [0.25, 0.3) is 0 Å². The maximum atomic E-state index is 5.59. The quantitative estimate of drug-likeness (QED) is 0.889. The molecular weight excluding hydrogens is 242 g/mol. The summed E-state index contributed by atoms with van der Waals surface area (Å²) in [5.41, 5.74) is 7.74. The highest BCUT2D eigenvalue weighted by atomic mass is 32.2. The standard InChI is InChI=1S/C14H23N3S/c1-11-9-12(7-8-15)17-14(16-11)10-18-13-5-3-2-4-6-13/h9,13H,2-8,10,15H2,1H3. The lowest BCUT2D eigenvalue weighted by Gasteiger charge is -2.20. The van der Waals surface area contributed by atoms with E-state index in [1.54, 1.807) is 0 Å². The van der Waals surface area contributed by atoms with Crippen molar-refractivity contribution in [3.63, 3.8) is 0 Å². The van der Waals surface area contributed by atoms with Crippen molar-refractivity contribution in [3.05, 3.63) is 23.3 Å². The molecule has 0 amide bonds. The Kier molecular flexibility index (Phi) is 5.45. The van der Waals surface area contributed by atoms with Crippen molar-refractivity contribution in [1.29, 1.82) is 0 Å². The van der Waals surface area contributed by atoms with Gasteiger partial charge < -0.3 is 5.73 Å². The Morgan fingerprint density at radius 3 is 2.78 bits per heavy atom. The predicted molar refractivity (Wildman–Crippen MR) is 77.7 cm³/mol. The zero-order chi connectivity index (χ0) is 12.8. The average molecular weight is 265 g/mol. The molecule has 0 radical (unpaired) electrons. The Balaban J connectivity index is 1.91. The molecule has 1 aromatic heterocycles. The second kappa shape index (κ2) is 7.10. The van der Waals surface area contributed by atoms with Gasteiger partial charge in [0.2, 0.25) is 0 Å². The lowest BCUT2D eigenvalue weighted by molar-refractivity contribution is 0.516. The van der Waals surface area contributed by atoms with Crippen LogP contribution in [0.2, 0.25) is 0 Å². The molecule has 0 spiro atoms. The Morgan fingerprint density at radius 2 is 2.06 bits per heavy atom. The van der Waals surface area contributed by atoms with Gasteiger partial charge in [0.1, 0.15) is 5.82 Å². The topological polar surface area (TPSA) is 51.8 Å². The summed E-state index contributed by atoms with van der Waals surface area (Å²) < 4.78 is 0. The third-order valence-corrected chi connectivity index (χ3v) is 4.72. The Labute approximate surface area is 114 Å². The summed E-state index contributed by atoms with van der Waals surface area (Å²) in [4.78, 5) is 9.12. The summed E-state index contributed by atoms with van der Waals surface area (Å²) in [6.45, 7) is 2.70. The van der Waals surface area contributed by atoms with E-state index in [0.29, 0.717) is 6.54 Å². The maximum Gasteiger partial charge on any atom is 0.138 e. The van der Waals surface area contributed by atoms with E-state index in [0.717, 1.165) is 34.6 Å². The fourth-order valence-electron chi connectivity index (χ4n) is 2.46. The zero-order valence-electron chi connectivity index (χ0n) is 11.2. The van der Waals surface area contributed by atoms with E-state index in [1.165, 1.54) is 32.1 Å². The van der Waals surface area contributed by atoms with Crippen LogP contribution in [0.3, 0.4) is 0 Å². The number of aromatic nitrogens is 2. The summed E-state index contributed by atoms with van der Waals surface area (Å²) in [6, 6.07) is 2.04. The van der Waals surface area contributed by atoms with E-state index < -0.39 is 0 Å². The van der Waals surface area contributed by atoms with Gasteiger partial charge in [-0.3, -0.25) is 0 Å². The minimum absolute atomic E-state index is 0.658. The van der Waals surface area contributed by atoms with Crippen molar-refractivity contribution < 1.29 is 0 Å². The van der Waals surface area contributed by atoms with Crippen molar-refractivity contribution in [2.24, 2.45) is 5.73 Å². The van der Waals surface area contributed by atoms with Crippen LogP contribution >= 0.6 is 11.8 Å². The minimum atomic E-state index is 0.658. The van der Waals surface area contributed by atoms with Gasteiger partial charge >= 0.3 is 0 Å². The van der Waals surface area contributed by atoms with Gasteiger partial charge in [-0.25, -0.2) is 9.97 Å². The first-order valence-corrected chi connectivity index (χ1v) is 7.98. The number of rotatable bonds is 5. The van der Waals surface area contributed by atoms with Crippen molar-refractivity contribution in [1.82, 2.24) is 9.97 Å². The van der Waals surface area contributed by atoms with Crippen LogP contribution in [0.15, 0.2) is 6.07 Å². The van der Waals surface area contributed by atoms with Crippen LogP contribution in [-0.2, 0) is 12.2 Å². The van der Waals surface area contributed by atoms with Gasteiger partial charge in [-0.2, -0.15) is 11.8 Å². The Bertz CT molecular complexity index is 375. The first-order valence-electron chi connectivity index (χ1n) is 6.93. The van der Waals surface area contributed by atoms with E-state index in [1.807, 2.05) is 24.8 Å². The molecule has 0 unspecified atom stereocenters. The summed E-state index contributed by atoms with van der Waals surface area (Å²) in [5.74, 6) is 1.93. The van der Waals surface area contributed by atoms with Crippen molar-refractivity contribution in [3.8, 4) is 0 Å². The van der Waals surface area contributed by atoms with Gasteiger partial charge in [-0.15, -0.1) is 0 Å². The molecule has 0 aromatic carbocycles. The fourth-order valence-corrected chi connectivity index (χ4v) is 3.65. The van der Waals surface area contributed by atoms with Crippen LogP contribution in [0.25, 0.3) is 0 Å². The lowest BCUT2D eigenvalue weighted by atomic mass is 10.0. The van der Waals surface area contributed by atoms with E-state index in [4.69, 9.17) is 5.73 Å². The zero-order valence-corrected chi connectivity index (χ0v) is 12.0. The van der Waals surface area contributed by atoms with Crippen LogP contribution < -0.4 is 5.73 Å². The lowest BCUT2D eigenvalue weighted by Crippen LogP contribution is -2.10. The Hall–Kier alpha value is -0.610. The summed E-state index contributed by atoms with van der Waals surface area (Å²) in [7, 11) is 0. The second-order valence-corrected chi connectivity index (χ2v) is 6.32. The molecule has 2 N–H and O–H groups in total. The summed E-state index contributed by atoms with van der Waals surface area (Å²) in [5, 5.41) is 0.820. The third-order valence-electron chi connectivity index (χ3n) is 3.35. The predicted octanol–water partition coefficient (Wildman–Crippen LogP) is 2.85. The van der Waals surface area contributed by atoms with Gasteiger partial charge in [-0.05, 0) is 32.4 Å². The SMILES string of the molecule is Cc1cc(CCN)nc(CSC2CCCCC2)n1. The molecule has 3 nitrogen and oxygen atoms in total. The molecule has 1 aliphatic rings. The van der Waals surface area contributed by atoms with E-state index in [9.17, 15) is 0 Å². The fraction of sp³-hybridized carbons (Fsp3) is 0.714. The molecule has 0 bridgehead atoms. The largest absolute Gasteiger partial charge is 0.330 e. The molecular formula is C14H23N3S. The normalized spacial score (nSPS) is 17.0. The number of nitrogens with two attached hydrogens (primary N) is 1. The molecule has 1 aliphatic carbocycles. The molecule has 1 heterocycles. The van der Waals surface area contributed by atoms with E-state index in [-0.39, 0.29) is 0 Å². The van der Waals surface area contributed by atoms with Crippen molar-refractivity contribution >= 4 is 11.8 Å². The molecule has 1 aromatic rings. The molecule has 0 saturated heterocycles. The molecule has 18 heavy (non-hydrogen) atoms. The summed E-state index contributed by atoms with van der Waals surface area (Å²) in [6.07, 6.45) is 7.79. The third kappa shape index (κ3) is 4.25. The smallest absolute Gasteiger partial charge is 0.138 e. The van der Waals surface area contributed by atoms with E-state index >= 15 is 0 Å². The molecule has 100 valence electrons. The number of nitrogens with zero attached hydrogens (tertiary/aromatic N) is 2. The summed E-state index contributed by atoms with van der Waals surface area (Å²) >= 11 is 2.03. The van der Waals surface area contributed by atoms with Crippen LogP contribution in [0.1, 0.15) is 49.3 Å². The molecule has 1 fully saturated rings. The molecule has 2 rings (SSSR count). The second-order valence-electron chi connectivity index (χ2n) is 5.03. The van der Waals surface area contributed by atoms with Crippen LogP contribution in [0.4, 0.5) is 0 Å². The van der Waals surface area contributed by atoms with Gasteiger partial charge in [0, 0.05) is 23.1 Å². The highest BCUT2D eigenvalue weighted by Crippen LogP contribution is 2.29. The first-order chi connectivity index (χ1) is 8.78. The number of hydrogen-bond donors (Lipinski definition) is 1. The minimum Gasteiger partial charge on any atom is -0.330 e. The van der Waals surface area contributed by atoms with E-state index in [2.05, 4.69) is 9.97 Å². The number of aryl methyl sites for hydroxylation is 1. The monoisotopic (exact) mass is 265 g/mol. The van der Waals surface area contributed by atoms with Crippen LogP contribution in [0, 0.1) is 6.92 Å². The maximum absolute atomic E-state index is 5.59. The highest BCUT2D eigenvalue weighted by molar-refractivity contribution is 7.99. The molecule has 0 aliphatic heterocycles. The molecule has 1 saturated carbocycles.